The summed E-state index contributed by atoms with van der Waals surface area (Å²) in [5.74, 6) is 0. The van der Waals surface area contributed by atoms with Crippen molar-refractivity contribution in [3.63, 3.8) is 0 Å². The van der Waals surface area contributed by atoms with Crippen molar-refractivity contribution in [1.29, 1.82) is 0 Å². The molecule has 0 unspecified atom stereocenters. The van der Waals surface area contributed by atoms with Crippen molar-refractivity contribution in [2.24, 2.45) is 0 Å². The normalized spacial score (nSPS) is 12.3. The Balaban J connectivity index is 4.01. The standard InChI is InChI=1S/C2H6BCl4NSi/c1-9(2,3(4)5)8(6)7/h1-2H3. The molecule has 0 radical (unpaired) electrons. The molecule has 7 heteroatoms. The summed E-state index contributed by atoms with van der Waals surface area (Å²) in [6.45, 7) is 3.75. The summed E-state index contributed by atoms with van der Waals surface area (Å²) in [6.07, 6.45) is 0. The van der Waals surface area contributed by atoms with Gasteiger partial charge in [-0.05, 0) is 23.6 Å². The largest absolute Gasteiger partial charge is 0.358 e. The molecular formula is C2H6BCl4NSi. The van der Waals surface area contributed by atoms with E-state index < -0.39 is 13.2 Å². The second-order valence-corrected chi connectivity index (χ2v) is 9.76. The first-order valence-corrected chi connectivity index (χ1v) is 6.86. The van der Waals surface area contributed by atoms with Gasteiger partial charge in [0.15, 0.2) is 8.11 Å². The third kappa shape index (κ3) is 2.87. The second kappa shape index (κ2) is 3.70. The van der Waals surface area contributed by atoms with Crippen molar-refractivity contribution >= 4 is 59.7 Å². The van der Waals surface area contributed by atoms with Gasteiger partial charge in [0.25, 0.3) is 0 Å². The van der Waals surface area contributed by atoms with Crippen LogP contribution in [-0.2, 0) is 0 Å². The van der Waals surface area contributed by atoms with Gasteiger partial charge in [-0.15, -0.1) is 0 Å². The maximum absolute atomic E-state index is 5.58. The van der Waals surface area contributed by atoms with E-state index in [9.17, 15) is 0 Å². The molecule has 0 heterocycles. The smallest absolute Gasteiger partial charge is 0.174 e. The lowest BCUT2D eigenvalue weighted by Crippen LogP contribution is -2.47. The van der Waals surface area contributed by atoms with Crippen LogP contribution in [0, 0.1) is 0 Å². The lowest BCUT2D eigenvalue weighted by molar-refractivity contribution is 1.10. The van der Waals surface area contributed by atoms with Crippen LogP contribution in [0.1, 0.15) is 0 Å². The average Bonchev–Trinajstić information content (AvgIpc) is 1.65. The highest BCUT2D eigenvalue weighted by Crippen LogP contribution is 2.22. The van der Waals surface area contributed by atoms with E-state index in [1.54, 1.807) is 0 Å². The van der Waals surface area contributed by atoms with Crippen LogP contribution in [0.25, 0.3) is 0 Å². The van der Waals surface area contributed by atoms with Crippen molar-refractivity contribution in [3.05, 3.63) is 0 Å². The first kappa shape index (κ1) is 10.4. The summed E-state index contributed by atoms with van der Waals surface area (Å²) in [5, 5.41) is -0.465. The molecule has 0 aromatic rings. The minimum atomic E-state index is -1.96. The van der Waals surface area contributed by atoms with E-state index in [0.717, 1.165) is 3.60 Å². The van der Waals surface area contributed by atoms with E-state index in [4.69, 9.17) is 46.5 Å². The molecule has 0 rings (SSSR count). The fourth-order valence-corrected chi connectivity index (χ4v) is 1.99. The maximum Gasteiger partial charge on any atom is 0.358 e. The topological polar surface area (TPSA) is 3.24 Å². The number of hydrogen-bond donors (Lipinski definition) is 0. The van der Waals surface area contributed by atoms with Crippen molar-refractivity contribution in [1.82, 2.24) is 3.60 Å². The summed E-state index contributed by atoms with van der Waals surface area (Å²) >= 11 is 22.1. The highest BCUT2D eigenvalue weighted by Gasteiger charge is 2.39. The van der Waals surface area contributed by atoms with Gasteiger partial charge in [-0.1, -0.05) is 13.1 Å². The minimum Gasteiger partial charge on any atom is -0.174 e. The first-order valence-electron chi connectivity index (χ1n) is 2.29. The monoisotopic (exact) mass is 223 g/mol. The Hall–Kier alpha value is 1.40. The van der Waals surface area contributed by atoms with Crippen LogP contribution in [0.2, 0.25) is 13.1 Å². The predicted octanol–water partition coefficient (Wildman–Crippen LogP) is 2.85. The van der Waals surface area contributed by atoms with E-state index in [0.29, 0.717) is 0 Å². The Morgan fingerprint density at radius 1 is 1.22 bits per heavy atom. The van der Waals surface area contributed by atoms with Crippen LogP contribution in [0.5, 0.6) is 0 Å². The summed E-state index contributed by atoms with van der Waals surface area (Å²) < 4.78 is 1.08. The Bertz CT molecular complexity index is 86.6. The van der Waals surface area contributed by atoms with Crippen LogP contribution in [-0.4, -0.2) is 16.8 Å². The van der Waals surface area contributed by atoms with Gasteiger partial charge >= 0.3 is 5.14 Å². The van der Waals surface area contributed by atoms with Crippen LogP contribution >= 0.6 is 46.5 Å². The highest BCUT2D eigenvalue weighted by atomic mass is 35.5. The molecule has 0 atom stereocenters. The fourth-order valence-electron chi connectivity index (χ4n) is 0.0738. The number of hydrogen-bond acceptors (Lipinski definition) is 1. The Labute approximate surface area is 76.4 Å². The lowest BCUT2D eigenvalue weighted by atomic mass is 10.7. The van der Waals surface area contributed by atoms with E-state index in [1.165, 1.54) is 0 Å². The number of halogens is 4. The Morgan fingerprint density at radius 3 is 1.56 bits per heavy atom. The summed E-state index contributed by atoms with van der Waals surface area (Å²) in [4.78, 5) is 0. The molecule has 0 fully saturated rings. The van der Waals surface area contributed by atoms with Crippen molar-refractivity contribution in [3.8, 4) is 0 Å². The molecule has 0 aromatic heterocycles. The zero-order valence-corrected chi connectivity index (χ0v) is 9.06. The molecule has 0 aliphatic heterocycles. The molecule has 0 amide bonds. The van der Waals surface area contributed by atoms with Crippen molar-refractivity contribution in [2.75, 3.05) is 0 Å². The molecule has 0 aliphatic rings. The molecule has 0 saturated heterocycles. The van der Waals surface area contributed by atoms with E-state index >= 15 is 0 Å². The van der Waals surface area contributed by atoms with Gasteiger partial charge in [0.2, 0.25) is 0 Å². The van der Waals surface area contributed by atoms with Crippen LogP contribution in [0.4, 0.5) is 0 Å². The molecular weight excluding hydrogens is 219 g/mol. The summed E-state index contributed by atoms with van der Waals surface area (Å²) in [6, 6.07) is 0. The SMILES string of the molecule is C[Si](C)(B(Cl)Cl)N(Cl)Cl. The van der Waals surface area contributed by atoms with Gasteiger partial charge in [0, 0.05) is 0 Å². The van der Waals surface area contributed by atoms with Gasteiger partial charge in [0.1, 0.15) is 0 Å². The molecule has 1 nitrogen and oxygen atoms in total. The fraction of sp³-hybridized carbons (Fsp3) is 1.00. The van der Waals surface area contributed by atoms with Crippen molar-refractivity contribution < 1.29 is 0 Å². The average molecular weight is 225 g/mol. The van der Waals surface area contributed by atoms with E-state index in [-0.39, 0.29) is 0 Å². The predicted molar refractivity (Wildman–Crippen MR) is 48.5 cm³/mol. The third-order valence-electron chi connectivity index (χ3n) is 0.970. The molecule has 0 saturated carbocycles. The zero-order valence-electron chi connectivity index (χ0n) is 5.04. The third-order valence-corrected chi connectivity index (χ3v) is 8.73. The molecule has 0 aromatic carbocycles. The van der Waals surface area contributed by atoms with Crippen LogP contribution in [0.15, 0.2) is 0 Å². The van der Waals surface area contributed by atoms with Gasteiger partial charge in [-0.2, -0.15) is 26.5 Å². The van der Waals surface area contributed by atoms with Gasteiger partial charge in [-0.25, -0.2) is 0 Å². The molecule has 54 valence electrons. The molecule has 0 bridgehead atoms. The molecule has 0 N–H and O–H groups in total. The van der Waals surface area contributed by atoms with Gasteiger partial charge < -0.3 is 0 Å². The first-order chi connectivity index (χ1) is 3.89. The Morgan fingerprint density at radius 2 is 1.56 bits per heavy atom. The van der Waals surface area contributed by atoms with Gasteiger partial charge in [0.05, 0.1) is 0 Å². The quantitative estimate of drug-likeness (QED) is 0.515. The summed E-state index contributed by atoms with van der Waals surface area (Å²) in [5.41, 5.74) is 0. The molecule has 9 heavy (non-hydrogen) atoms. The highest BCUT2D eigenvalue weighted by molar-refractivity contribution is 7.65. The van der Waals surface area contributed by atoms with Crippen molar-refractivity contribution in [2.45, 2.75) is 13.1 Å². The number of nitrogens with zero attached hydrogens (tertiary/aromatic N) is 1. The molecule has 0 spiro atoms. The lowest BCUT2D eigenvalue weighted by Gasteiger charge is -2.23. The molecule has 0 aliphatic carbocycles. The van der Waals surface area contributed by atoms with E-state index in [1.807, 2.05) is 13.1 Å². The minimum absolute atomic E-state index is 0.465. The van der Waals surface area contributed by atoms with Gasteiger partial charge in [-0.3, -0.25) is 0 Å². The Kier molecular flexibility index (Phi) is 4.27. The maximum atomic E-state index is 5.58. The van der Waals surface area contributed by atoms with E-state index in [2.05, 4.69) is 0 Å². The zero-order chi connectivity index (χ0) is 7.65. The number of rotatable bonds is 2. The summed E-state index contributed by atoms with van der Waals surface area (Å²) in [7, 11) is -1.96. The second-order valence-electron chi connectivity index (χ2n) is 2.19. The van der Waals surface area contributed by atoms with Crippen LogP contribution < -0.4 is 0 Å². The van der Waals surface area contributed by atoms with Crippen LogP contribution in [0.3, 0.4) is 0 Å².